The van der Waals surface area contributed by atoms with E-state index in [1.165, 1.54) is 45.6 Å². The largest absolute Gasteiger partial charge is 0.503 e. The van der Waals surface area contributed by atoms with Crippen LogP contribution in [0.15, 0.2) is 59.9 Å². The number of ether oxygens (including phenoxy) is 2. The Morgan fingerprint density at radius 2 is 1.66 bits per heavy atom. The number of carbonyl (C=O) groups excluding carboxylic acids is 1. The summed E-state index contributed by atoms with van der Waals surface area (Å²) in [6.45, 7) is 1.36. The molecule has 0 amide bonds. The molecule has 0 saturated carbocycles. The molecule has 0 aromatic heterocycles. The summed E-state index contributed by atoms with van der Waals surface area (Å²) in [5, 5.41) is 3.83. The Hall–Kier alpha value is -3.29. The van der Waals surface area contributed by atoms with Crippen LogP contribution in [-0.4, -0.2) is 25.9 Å². The zero-order valence-electron chi connectivity index (χ0n) is 16.1. The number of benzene rings is 2. The average Bonchev–Trinajstić information content (AvgIpc) is 2.71. The highest BCUT2D eigenvalue weighted by Gasteiger charge is 2.33. The Morgan fingerprint density at radius 1 is 1.03 bits per heavy atom. The topological polar surface area (TPSA) is 57.1 Å². The third-order valence-electron chi connectivity index (χ3n) is 3.99. The average molecular weight is 407 g/mol. The lowest BCUT2D eigenvalue weighted by atomic mass is 10.0. The number of hydrogen-bond donors (Lipinski definition) is 0. The van der Waals surface area contributed by atoms with E-state index in [-0.39, 0.29) is 23.5 Å². The van der Waals surface area contributed by atoms with Crippen molar-refractivity contribution in [3.05, 3.63) is 77.0 Å². The van der Waals surface area contributed by atoms with Gasteiger partial charge in [0.25, 0.3) is 0 Å². The van der Waals surface area contributed by atoms with Crippen molar-refractivity contribution < 1.29 is 32.3 Å². The summed E-state index contributed by atoms with van der Waals surface area (Å²) in [7, 11) is 2.64. The number of alkyl halides is 3. The highest BCUT2D eigenvalue weighted by molar-refractivity contribution is 6.16. The van der Waals surface area contributed by atoms with Gasteiger partial charge in [0.2, 0.25) is 0 Å². The molecule has 0 aliphatic rings. The van der Waals surface area contributed by atoms with E-state index in [9.17, 15) is 18.0 Å². The van der Waals surface area contributed by atoms with Crippen LogP contribution in [0.2, 0.25) is 0 Å². The Kier molecular flexibility index (Phi) is 7.41. The van der Waals surface area contributed by atoms with E-state index in [0.29, 0.717) is 11.1 Å². The van der Waals surface area contributed by atoms with Crippen LogP contribution in [0.4, 0.5) is 13.2 Å². The van der Waals surface area contributed by atoms with Crippen molar-refractivity contribution in [1.82, 2.24) is 0 Å². The minimum atomic E-state index is -4.50. The molecule has 29 heavy (non-hydrogen) atoms. The summed E-state index contributed by atoms with van der Waals surface area (Å²) in [6, 6.07) is 12.0. The van der Waals surface area contributed by atoms with E-state index in [4.69, 9.17) is 14.3 Å². The second kappa shape index (κ2) is 9.77. The number of hydrogen-bond acceptors (Lipinski definition) is 5. The number of nitrogens with zero attached hydrogens (tertiary/aromatic N) is 1. The first kappa shape index (κ1) is 22.0. The SMILES string of the molecule is CO/C=C(/C(=O)OC)c1ccccc1CO/N=C(\C)c1ccccc1C(F)(F)F. The van der Waals surface area contributed by atoms with Gasteiger partial charge in [-0.05, 0) is 18.6 Å². The molecule has 0 heterocycles. The van der Waals surface area contributed by atoms with E-state index in [1.54, 1.807) is 24.3 Å². The normalized spacial score (nSPS) is 12.5. The van der Waals surface area contributed by atoms with E-state index >= 15 is 0 Å². The highest BCUT2D eigenvalue weighted by atomic mass is 19.4. The Bertz CT molecular complexity index is 920. The van der Waals surface area contributed by atoms with Crippen LogP contribution in [0.3, 0.4) is 0 Å². The predicted octanol–water partition coefficient (Wildman–Crippen LogP) is 4.81. The molecular formula is C21H20F3NO4. The molecule has 0 fully saturated rings. The van der Waals surface area contributed by atoms with E-state index < -0.39 is 17.7 Å². The van der Waals surface area contributed by atoms with Gasteiger partial charge in [-0.15, -0.1) is 0 Å². The highest BCUT2D eigenvalue weighted by Crippen LogP contribution is 2.32. The molecule has 5 nitrogen and oxygen atoms in total. The van der Waals surface area contributed by atoms with Gasteiger partial charge in [0.1, 0.15) is 12.2 Å². The Balaban J connectivity index is 2.26. The third-order valence-corrected chi connectivity index (χ3v) is 3.99. The molecule has 0 spiro atoms. The minimum absolute atomic E-state index is 0.0668. The first-order chi connectivity index (χ1) is 13.8. The molecule has 0 aliphatic heterocycles. The molecule has 0 unspecified atom stereocenters. The fraction of sp³-hybridized carbons (Fsp3) is 0.238. The first-order valence-electron chi connectivity index (χ1n) is 8.52. The molecule has 8 heteroatoms. The van der Waals surface area contributed by atoms with Gasteiger partial charge in [0.05, 0.1) is 31.8 Å². The van der Waals surface area contributed by atoms with E-state index in [1.807, 2.05) is 0 Å². The summed E-state index contributed by atoms with van der Waals surface area (Å²) in [5.74, 6) is -0.599. The Labute approximate surface area is 166 Å². The fourth-order valence-electron chi connectivity index (χ4n) is 2.65. The van der Waals surface area contributed by atoms with Crippen LogP contribution in [0.5, 0.6) is 0 Å². The van der Waals surface area contributed by atoms with Crippen molar-refractivity contribution in [1.29, 1.82) is 0 Å². The molecule has 2 aromatic carbocycles. The number of esters is 1. The van der Waals surface area contributed by atoms with Gasteiger partial charge < -0.3 is 14.3 Å². The maximum absolute atomic E-state index is 13.2. The molecule has 0 saturated heterocycles. The number of rotatable bonds is 7. The summed E-state index contributed by atoms with van der Waals surface area (Å²) in [6.07, 6.45) is -3.25. The fourth-order valence-corrected chi connectivity index (χ4v) is 2.65. The number of halogens is 3. The Morgan fingerprint density at radius 3 is 2.28 bits per heavy atom. The summed E-state index contributed by atoms with van der Waals surface area (Å²) in [5.41, 5.74) is 0.490. The van der Waals surface area contributed by atoms with Crippen molar-refractivity contribution in [2.24, 2.45) is 5.16 Å². The molecule has 2 rings (SSSR count). The van der Waals surface area contributed by atoms with Crippen molar-refractivity contribution in [3.63, 3.8) is 0 Å². The van der Waals surface area contributed by atoms with Crippen molar-refractivity contribution >= 4 is 17.3 Å². The van der Waals surface area contributed by atoms with Crippen molar-refractivity contribution in [3.8, 4) is 0 Å². The lowest BCUT2D eigenvalue weighted by Crippen LogP contribution is -2.12. The second-order valence-electron chi connectivity index (χ2n) is 5.91. The van der Waals surface area contributed by atoms with Gasteiger partial charge in [-0.2, -0.15) is 13.2 Å². The summed E-state index contributed by atoms with van der Waals surface area (Å²) >= 11 is 0. The standard InChI is InChI=1S/C21H20F3NO4/c1-14(16-9-6-7-11-19(16)21(22,23)24)25-29-12-15-8-4-5-10-17(15)18(13-27-2)20(26)28-3/h4-11,13H,12H2,1-3H3/b18-13+,25-14+. The molecule has 0 N–H and O–H groups in total. The van der Waals surface area contributed by atoms with Gasteiger partial charge in [-0.3, -0.25) is 0 Å². The maximum atomic E-state index is 13.2. The molecule has 0 aliphatic carbocycles. The van der Waals surface area contributed by atoms with Gasteiger partial charge in [-0.25, -0.2) is 4.79 Å². The van der Waals surface area contributed by atoms with Gasteiger partial charge in [-0.1, -0.05) is 47.6 Å². The van der Waals surface area contributed by atoms with Gasteiger partial charge in [0, 0.05) is 11.1 Å². The maximum Gasteiger partial charge on any atom is 0.417 e. The summed E-state index contributed by atoms with van der Waals surface area (Å²) < 4.78 is 49.2. The molecule has 154 valence electrons. The number of methoxy groups -OCH3 is 2. The van der Waals surface area contributed by atoms with Crippen LogP contribution in [0.1, 0.15) is 29.2 Å². The van der Waals surface area contributed by atoms with Crippen LogP contribution >= 0.6 is 0 Å². The van der Waals surface area contributed by atoms with Crippen LogP contribution < -0.4 is 0 Å². The number of carbonyl (C=O) groups is 1. The minimum Gasteiger partial charge on any atom is -0.503 e. The third kappa shape index (κ3) is 5.60. The molecule has 0 bridgehead atoms. The molecule has 0 radical (unpaired) electrons. The zero-order valence-corrected chi connectivity index (χ0v) is 16.1. The first-order valence-corrected chi connectivity index (χ1v) is 8.52. The monoisotopic (exact) mass is 407 g/mol. The lowest BCUT2D eigenvalue weighted by molar-refractivity contribution is -0.137. The van der Waals surface area contributed by atoms with E-state index in [0.717, 1.165) is 6.07 Å². The van der Waals surface area contributed by atoms with Crippen molar-refractivity contribution in [2.75, 3.05) is 14.2 Å². The molecule has 0 atom stereocenters. The van der Waals surface area contributed by atoms with Crippen molar-refractivity contribution in [2.45, 2.75) is 19.7 Å². The van der Waals surface area contributed by atoms with Crippen LogP contribution in [0.25, 0.3) is 5.57 Å². The number of oxime groups is 1. The molecular weight excluding hydrogens is 387 g/mol. The van der Waals surface area contributed by atoms with Crippen LogP contribution in [0, 0.1) is 0 Å². The zero-order chi connectivity index (χ0) is 21.4. The van der Waals surface area contributed by atoms with Crippen LogP contribution in [-0.2, 0) is 31.9 Å². The second-order valence-corrected chi connectivity index (χ2v) is 5.91. The smallest absolute Gasteiger partial charge is 0.417 e. The lowest BCUT2D eigenvalue weighted by Gasteiger charge is -2.13. The van der Waals surface area contributed by atoms with Gasteiger partial charge >= 0.3 is 12.1 Å². The van der Waals surface area contributed by atoms with Gasteiger partial charge in [0.15, 0.2) is 0 Å². The molecule has 2 aromatic rings. The van der Waals surface area contributed by atoms with E-state index in [2.05, 4.69) is 5.16 Å². The summed E-state index contributed by atoms with van der Waals surface area (Å²) in [4.78, 5) is 17.3. The quantitative estimate of drug-likeness (QED) is 0.217. The predicted molar refractivity (Wildman–Crippen MR) is 102 cm³/mol.